The number of furan rings is 1. The van der Waals surface area contributed by atoms with E-state index in [1.807, 2.05) is 18.2 Å². The summed E-state index contributed by atoms with van der Waals surface area (Å²) in [5, 5.41) is 6.76. The summed E-state index contributed by atoms with van der Waals surface area (Å²) in [6.45, 7) is 27.2. The Morgan fingerprint density at radius 3 is 1.49 bits per heavy atom. The lowest BCUT2D eigenvalue weighted by Gasteiger charge is -2.45. The summed E-state index contributed by atoms with van der Waals surface area (Å²) < 4.78 is 57.9. The summed E-state index contributed by atoms with van der Waals surface area (Å²) in [6, 6.07) is 94.8. The van der Waals surface area contributed by atoms with Gasteiger partial charge in [0.05, 0.1) is 34.0 Å². The van der Waals surface area contributed by atoms with Crippen LogP contribution in [0.4, 0.5) is 34.1 Å². The molecule has 5 heterocycles. The van der Waals surface area contributed by atoms with Gasteiger partial charge in [0.2, 0.25) is 0 Å². The summed E-state index contributed by atoms with van der Waals surface area (Å²) >= 11 is 1.78. The first-order chi connectivity index (χ1) is 53.2. The molecule has 0 atom stereocenters. The van der Waals surface area contributed by atoms with Crippen LogP contribution >= 0.6 is 11.3 Å². The van der Waals surface area contributed by atoms with Crippen LogP contribution in [0.2, 0.25) is 0 Å². The van der Waals surface area contributed by atoms with E-state index in [0.29, 0.717) is 5.56 Å². The lowest BCUT2D eigenvalue weighted by Crippen LogP contribution is -2.61. The normalized spacial score (nSPS) is 13.9. The monoisotopic (exact) mass is 1390 g/mol. The van der Waals surface area contributed by atoms with Crippen molar-refractivity contribution in [2.24, 2.45) is 0 Å². The van der Waals surface area contributed by atoms with Crippen LogP contribution in [0.25, 0.3) is 125 Å². The third-order valence-electron chi connectivity index (χ3n) is 22.5. The van der Waals surface area contributed by atoms with Gasteiger partial charge in [-0.3, -0.25) is 0 Å². The zero-order chi connectivity index (χ0) is 76.8. The predicted molar refractivity (Wildman–Crippen MR) is 457 cm³/mol. The van der Waals surface area contributed by atoms with Gasteiger partial charge in [0.25, 0.3) is 6.71 Å². The molecule has 3 aromatic heterocycles. The number of fused-ring (bicyclic) bond motifs is 13. The molecule has 514 valence electrons. The Hall–Kier alpha value is -11.4. The minimum atomic E-state index is -0.432. The summed E-state index contributed by atoms with van der Waals surface area (Å²) in [6.07, 6.45) is 0. The molecule has 0 N–H and O–H groups in total. The van der Waals surface area contributed by atoms with Gasteiger partial charge < -0.3 is 18.8 Å². The van der Waals surface area contributed by atoms with Gasteiger partial charge in [-0.05, 0) is 178 Å². The smallest absolute Gasteiger partial charge is 0.252 e. The number of para-hydroxylation sites is 2. The van der Waals surface area contributed by atoms with Crippen molar-refractivity contribution in [3.05, 3.63) is 313 Å². The van der Waals surface area contributed by atoms with Gasteiger partial charge in [0, 0.05) is 82.1 Å². The number of benzene rings is 14. The molecule has 0 fully saturated rings. The van der Waals surface area contributed by atoms with Crippen molar-refractivity contribution in [2.75, 3.05) is 9.80 Å². The maximum Gasteiger partial charge on any atom is 0.252 e. The zero-order valence-electron chi connectivity index (χ0n) is 67.1. The van der Waals surface area contributed by atoms with E-state index < -0.39 is 12.8 Å². The van der Waals surface area contributed by atoms with E-state index in [0.717, 1.165) is 154 Å². The lowest BCUT2D eigenvalue weighted by molar-refractivity contribution is 0.569. The van der Waals surface area contributed by atoms with Gasteiger partial charge in [-0.25, -0.2) is 0 Å². The highest BCUT2D eigenvalue weighted by Gasteiger charge is 2.45. The van der Waals surface area contributed by atoms with E-state index in [2.05, 4.69) is 340 Å². The van der Waals surface area contributed by atoms with E-state index >= 15 is 0 Å². The average Bonchev–Trinajstić information content (AvgIpc) is 1.40. The third-order valence-corrected chi connectivity index (χ3v) is 23.7. The van der Waals surface area contributed by atoms with Gasteiger partial charge in [-0.15, -0.1) is 11.3 Å². The number of nitrogens with zero attached hydrogens (tertiary/aromatic N) is 3. The number of anilines is 6. The molecule has 0 amide bonds. The summed E-state index contributed by atoms with van der Waals surface area (Å²) in [4.78, 5) is 5.05. The molecule has 2 aliphatic rings. The maximum atomic E-state index is 9.64. The molecule has 2 aliphatic heterocycles. The topological polar surface area (TPSA) is 24.6 Å². The highest BCUT2D eigenvalue weighted by molar-refractivity contribution is 7.27. The second-order valence-electron chi connectivity index (χ2n) is 33.3. The molecular formula is C100H84BN3OS. The largest absolute Gasteiger partial charge is 0.455 e. The lowest BCUT2D eigenvalue weighted by atomic mass is 9.33. The molecule has 17 aromatic rings. The summed E-state index contributed by atoms with van der Waals surface area (Å²) in [5.41, 5.74) is 27.5. The van der Waals surface area contributed by atoms with Crippen molar-refractivity contribution in [2.45, 2.75) is 105 Å². The Morgan fingerprint density at radius 1 is 0.321 bits per heavy atom. The Labute approximate surface area is 633 Å². The minimum absolute atomic E-state index is 0.0989. The van der Waals surface area contributed by atoms with Gasteiger partial charge in [0.1, 0.15) is 11.2 Å². The van der Waals surface area contributed by atoms with E-state index in [1.54, 1.807) is 11.3 Å². The average molecular weight is 1390 g/mol. The first-order valence-electron chi connectivity index (χ1n) is 39.7. The van der Waals surface area contributed by atoms with Crippen LogP contribution in [0.3, 0.4) is 0 Å². The maximum absolute atomic E-state index is 9.64. The van der Waals surface area contributed by atoms with Gasteiger partial charge in [0.15, 0.2) is 0 Å². The SMILES string of the molecule is [2H]c1c([2H])c([2H])c(-c2ccc3c(c2)N(c2cccc4c2sc2c(-c5cccc6c5oc5ccccc56)cccc24)c2cc(-c4cc(C(C)(C)C)cc(C(C)(C)C)c4)cc4c2B3c2ccc(-n3c5ccc(C(C)(C)C)cc5c5cc(C(C)(C)C)ccc53)cc2N4c2ccc(-c3ccccc3)cc2-c2ccccc2)c([2H])c1[2H]. The van der Waals surface area contributed by atoms with Crippen LogP contribution in [-0.2, 0) is 21.7 Å². The standard InChI is InChI=1S/C100H84BN3OS/c1-97(2,3)68-43-49-85-80(58-68)81-59-69(98(4,5)6)44-50-86(81)102(85)72-45-47-83-89(60-72)103(84-48-42-64(61-27-16-13-17-28-61)53-79(84)63-31-20-15-21-32-63)90-55-67(66-51-70(99(7,8)9)57-71(52-66)100(10,11)12)56-91-93(90)101(83)82-46-41-65(62-29-18-14-19-30-62)54-88(82)104(91)87-39-26-38-78-77-37-25-36-76(95(77)106-96(78)87)75-35-24-34-74-73-33-22-23-40-92(73)105-94(74)75/h13-60H,1-12H3/i14D,18D,19D,29D,30D. The number of rotatable bonds is 8. The Bertz CT molecular complexity index is 6650. The molecule has 0 saturated carbocycles. The predicted octanol–water partition coefficient (Wildman–Crippen LogP) is 26.7. The van der Waals surface area contributed by atoms with Crippen LogP contribution < -0.4 is 26.2 Å². The second-order valence-corrected chi connectivity index (χ2v) is 34.4. The highest BCUT2D eigenvalue weighted by Crippen LogP contribution is 2.54. The molecular weight excluding hydrogens is 1300 g/mol. The van der Waals surface area contributed by atoms with Crippen molar-refractivity contribution in [1.29, 1.82) is 0 Å². The Balaban J connectivity index is 0.964. The van der Waals surface area contributed by atoms with Crippen LogP contribution in [0, 0.1) is 0 Å². The molecule has 0 radical (unpaired) electrons. The summed E-state index contributed by atoms with van der Waals surface area (Å²) in [7, 11) is 0. The zero-order valence-corrected chi connectivity index (χ0v) is 62.9. The van der Waals surface area contributed by atoms with Crippen LogP contribution in [-0.4, -0.2) is 11.3 Å². The number of hydrogen-bond donors (Lipinski definition) is 0. The Morgan fingerprint density at radius 2 is 0.840 bits per heavy atom. The summed E-state index contributed by atoms with van der Waals surface area (Å²) in [5.74, 6) is 0. The molecule has 0 bridgehead atoms. The minimum Gasteiger partial charge on any atom is -0.455 e. The third kappa shape index (κ3) is 10.6. The molecule has 4 nitrogen and oxygen atoms in total. The van der Waals surface area contributed by atoms with Gasteiger partial charge >= 0.3 is 0 Å². The van der Waals surface area contributed by atoms with E-state index in [1.165, 1.54) is 33.0 Å². The molecule has 0 unspecified atom stereocenters. The number of aromatic nitrogens is 1. The van der Waals surface area contributed by atoms with E-state index in [4.69, 9.17) is 8.53 Å². The van der Waals surface area contributed by atoms with E-state index in [9.17, 15) is 2.74 Å². The van der Waals surface area contributed by atoms with Crippen LogP contribution in [0.1, 0.15) is 112 Å². The fraction of sp³-hybridized carbons (Fsp3) is 0.160. The first kappa shape index (κ1) is 59.9. The van der Waals surface area contributed by atoms with Crippen LogP contribution in [0.5, 0.6) is 0 Å². The van der Waals surface area contributed by atoms with Crippen molar-refractivity contribution >= 4 is 132 Å². The van der Waals surface area contributed by atoms with Crippen molar-refractivity contribution in [1.82, 2.24) is 4.57 Å². The molecule has 6 heteroatoms. The highest BCUT2D eigenvalue weighted by atomic mass is 32.1. The molecule has 19 rings (SSSR count). The quantitative estimate of drug-likeness (QED) is 0.142. The second kappa shape index (κ2) is 24.1. The fourth-order valence-corrected chi connectivity index (χ4v) is 18.1. The molecule has 0 aliphatic carbocycles. The van der Waals surface area contributed by atoms with Gasteiger partial charge in [-0.1, -0.05) is 295 Å². The number of hydrogen-bond acceptors (Lipinski definition) is 4. The molecule has 0 saturated heterocycles. The Kier molecular flexibility index (Phi) is 13.6. The molecule has 106 heavy (non-hydrogen) atoms. The van der Waals surface area contributed by atoms with Crippen LogP contribution in [0.15, 0.2) is 295 Å². The fourth-order valence-electron chi connectivity index (χ4n) is 16.8. The molecule has 0 spiro atoms. The van der Waals surface area contributed by atoms with Crippen molar-refractivity contribution in [3.8, 4) is 61.3 Å². The van der Waals surface area contributed by atoms with Crippen molar-refractivity contribution < 1.29 is 11.3 Å². The first-order valence-corrected chi connectivity index (χ1v) is 38.0. The van der Waals surface area contributed by atoms with Gasteiger partial charge in [-0.2, -0.15) is 0 Å². The van der Waals surface area contributed by atoms with Crippen molar-refractivity contribution in [3.63, 3.8) is 0 Å². The number of thiophene rings is 1. The van der Waals surface area contributed by atoms with E-state index in [-0.39, 0.29) is 51.4 Å². The molecule has 14 aromatic carbocycles.